The molecule has 1 N–H and O–H groups in total. The predicted molar refractivity (Wildman–Crippen MR) is 142 cm³/mol. The minimum Gasteiger partial charge on any atom is -0.494 e. The molecule has 1 aromatic heterocycles. The Morgan fingerprint density at radius 1 is 1.05 bits per heavy atom. The third-order valence-electron chi connectivity index (χ3n) is 6.85. The first-order chi connectivity index (χ1) is 18.1. The smallest absolute Gasteiger partial charge is 0.277 e. The summed E-state index contributed by atoms with van der Waals surface area (Å²) in [4.78, 5) is 26.9. The fourth-order valence-electron chi connectivity index (χ4n) is 5.34. The molecule has 0 radical (unpaired) electrons. The molecule has 8 heteroatoms. The van der Waals surface area contributed by atoms with Crippen LogP contribution in [0, 0.1) is 5.92 Å². The summed E-state index contributed by atoms with van der Waals surface area (Å²) in [7, 11) is 0. The Kier molecular flexibility index (Phi) is 7.65. The molecule has 8 nitrogen and oxygen atoms in total. The topological polar surface area (TPSA) is 85.2 Å². The number of ether oxygens (including phenoxy) is 2. The zero-order valence-corrected chi connectivity index (χ0v) is 21.0. The van der Waals surface area contributed by atoms with Gasteiger partial charge in [-0.15, -0.1) is 0 Å². The molecule has 5 rings (SSSR count). The first-order valence-corrected chi connectivity index (χ1v) is 12.8. The van der Waals surface area contributed by atoms with Crippen molar-refractivity contribution in [3.8, 4) is 11.5 Å². The lowest BCUT2D eigenvalue weighted by molar-refractivity contribution is -0.123. The van der Waals surface area contributed by atoms with Crippen LogP contribution < -0.4 is 20.5 Å². The monoisotopic (exact) mass is 500 g/mol. The van der Waals surface area contributed by atoms with E-state index in [2.05, 4.69) is 27.6 Å². The van der Waals surface area contributed by atoms with Crippen molar-refractivity contribution in [2.24, 2.45) is 11.0 Å². The first-order valence-electron chi connectivity index (χ1n) is 12.8. The zero-order valence-electron chi connectivity index (χ0n) is 21.0. The highest BCUT2D eigenvalue weighted by Gasteiger charge is 2.34. The van der Waals surface area contributed by atoms with Gasteiger partial charge >= 0.3 is 0 Å². The van der Waals surface area contributed by atoms with Crippen LogP contribution in [0.25, 0.3) is 0 Å². The van der Waals surface area contributed by atoms with Crippen LogP contribution in [-0.4, -0.2) is 47.9 Å². The lowest BCUT2D eigenvalue weighted by Gasteiger charge is -2.43. The zero-order chi connectivity index (χ0) is 25.6. The second kappa shape index (κ2) is 11.4. The van der Waals surface area contributed by atoms with E-state index in [1.54, 1.807) is 24.4 Å². The highest BCUT2D eigenvalue weighted by atomic mass is 16.5. The molecule has 0 saturated carbocycles. The average Bonchev–Trinajstić information content (AvgIpc) is 2.90. The van der Waals surface area contributed by atoms with Gasteiger partial charge < -0.3 is 14.0 Å². The van der Waals surface area contributed by atoms with Gasteiger partial charge in [-0.3, -0.25) is 14.5 Å². The standard InChI is InChI=1S/C29H32N4O4/c1-2-36-27-12-11-21(15-30-31-28(34)20-37-25-7-4-3-5-8-25)13-24(27)19-32-16-22-14-23(18-32)26-9-6-10-29(35)33(26)17-22/h3-13,15,22-23H,2,14,16-20H2,1H3,(H,31,34)/b30-15-/t22-,23+/m1/s1. The second-order valence-corrected chi connectivity index (χ2v) is 9.59. The van der Waals surface area contributed by atoms with Gasteiger partial charge in [-0.2, -0.15) is 5.10 Å². The normalized spacial score (nSPS) is 18.8. The molecule has 3 aromatic rings. The maximum Gasteiger partial charge on any atom is 0.277 e. The molecule has 0 aliphatic carbocycles. The summed E-state index contributed by atoms with van der Waals surface area (Å²) in [5.41, 5.74) is 5.72. The van der Waals surface area contributed by atoms with E-state index >= 15 is 0 Å². The van der Waals surface area contributed by atoms with Crippen LogP contribution >= 0.6 is 0 Å². The van der Waals surface area contributed by atoms with Crippen molar-refractivity contribution in [1.82, 2.24) is 14.9 Å². The fourth-order valence-corrected chi connectivity index (χ4v) is 5.34. The maximum atomic E-state index is 12.3. The van der Waals surface area contributed by atoms with Crippen molar-refractivity contribution < 1.29 is 14.3 Å². The number of likely N-dealkylation sites (tertiary alicyclic amines) is 1. The van der Waals surface area contributed by atoms with Crippen molar-refractivity contribution in [2.75, 3.05) is 26.3 Å². The van der Waals surface area contributed by atoms with Crippen LogP contribution in [0.2, 0.25) is 0 Å². The Hall–Kier alpha value is -3.91. The molecule has 2 aromatic carbocycles. The lowest BCUT2D eigenvalue weighted by Crippen LogP contribution is -2.46. The van der Waals surface area contributed by atoms with Crippen LogP contribution in [0.4, 0.5) is 0 Å². The van der Waals surface area contributed by atoms with Gasteiger partial charge in [0.2, 0.25) is 0 Å². The highest BCUT2D eigenvalue weighted by molar-refractivity contribution is 5.83. The van der Waals surface area contributed by atoms with Gasteiger partial charge in [0.15, 0.2) is 6.61 Å². The second-order valence-electron chi connectivity index (χ2n) is 9.59. The number of nitrogens with one attached hydrogen (secondary N) is 1. The number of hydrogen-bond donors (Lipinski definition) is 1. The number of hydrazone groups is 1. The van der Waals surface area contributed by atoms with Gasteiger partial charge in [0.1, 0.15) is 11.5 Å². The molecule has 1 saturated heterocycles. The number of carbonyl (C=O) groups excluding carboxylic acids is 1. The van der Waals surface area contributed by atoms with Crippen LogP contribution in [0.5, 0.6) is 11.5 Å². The summed E-state index contributed by atoms with van der Waals surface area (Å²) < 4.78 is 13.3. The number of aromatic nitrogens is 1. The van der Waals surface area contributed by atoms with E-state index < -0.39 is 0 Å². The Morgan fingerprint density at radius 2 is 1.92 bits per heavy atom. The van der Waals surface area contributed by atoms with Gasteiger partial charge in [0, 0.05) is 49.4 Å². The van der Waals surface area contributed by atoms with E-state index in [1.807, 2.05) is 47.9 Å². The number of nitrogens with zero attached hydrogens (tertiary/aromatic N) is 3. The molecule has 192 valence electrons. The summed E-state index contributed by atoms with van der Waals surface area (Å²) in [5.74, 6) is 1.97. The molecule has 2 aliphatic rings. The van der Waals surface area contributed by atoms with Crippen LogP contribution in [0.3, 0.4) is 0 Å². The molecule has 0 spiro atoms. The summed E-state index contributed by atoms with van der Waals surface area (Å²) in [6.45, 7) is 5.83. The van der Waals surface area contributed by atoms with E-state index in [9.17, 15) is 9.59 Å². The number of rotatable bonds is 9. The third-order valence-corrected chi connectivity index (χ3v) is 6.85. The summed E-state index contributed by atoms with van der Waals surface area (Å²) >= 11 is 0. The van der Waals surface area contributed by atoms with Gasteiger partial charge in [-0.25, -0.2) is 5.43 Å². The Bertz CT molecular complexity index is 1320. The van der Waals surface area contributed by atoms with E-state index in [4.69, 9.17) is 9.47 Å². The molecule has 37 heavy (non-hydrogen) atoms. The van der Waals surface area contributed by atoms with Crippen LogP contribution in [-0.2, 0) is 17.9 Å². The molecule has 1 amide bonds. The number of fused-ring (bicyclic) bond motifs is 4. The van der Waals surface area contributed by atoms with Crippen LogP contribution in [0.1, 0.15) is 36.1 Å². The number of pyridine rings is 1. The first kappa shape index (κ1) is 24.8. The number of benzene rings is 2. The van der Waals surface area contributed by atoms with E-state index in [0.717, 1.165) is 55.2 Å². The van der Waals surface area contributed by atoms with E-state index in [1.165, 1.54) is 0 Å². The molecule has 2 atom stereocenters. The van der Waals surface area contributed by atoms with Crippen molar-refractivity contribution >= 4 is 12.1 Å². The largest absolute Gasteiger partial charge is 0.494 e. The molecule has 3 heterocycles. The third kappa shape index (κ3) is 6.09. The Labute approximate surface area is 216 Å². The summed E-state index contributed by atoms with van der Waals surface area (Å²) in [5, 5.41) is 4.11. The van der Waals surface area contributed by atoms with Crippen molar-refractivity contribution in [2.45, 2.75) is 32.4 Å². The molecular weight excluding hydrogens is 468 g/mol. The average molecular weight is 501 g/mol. The SMILES string of the molecule is CCOc1ccc(/C=N\NC(=O)COc2ccccc2)cc1CN1C[C@H]2C[C@@H](C1)c1cccc(=O)n1C2. The quantitative estimate of drug-likeness (QED) is 0.360. The Balaban J connectivity index is 1.23. The number of para-hydroxylation sites is 1. The fraction of sp³-hybridized carbons (Fsp3) is 0.345. The number of hydrogen-bond acceptors (Lipinski definition) is 6. The van der Waals surface area contributed by atoms with Crippen LogP contribution in [0.15, 0.2) is 76.6 Å². The van der Waals surface area contributed by atoms with Crippen molar-refractivity contribution in [3.63, 3.8) is 0 Å². The Morgan fingerprint density at radius 3 is 2.76 bits per heavy atom. The van der Waals surface area contributed by atoms with Crippen molar-refractivity contribution in [1.29, 1.82) is 0 Å². The number of amides is 1. The molecular formula is C29H32N4O4. The molecule has 2 aliphatic heterocycles. The lowest BCUT2D eigenvalue weighted by atomic mass is 9.83. The summed E-state index contributed by atoms with van der Waals surface area (Å²) in [6, 6.07) is 20.8. The van der Waals surface area contributed by atoms with Gasteiger partial charge in [-0.05, 0) is 61.2 Å². The highest BCUT2D eigenvalue weighted by Crippen LogP contribution is 2.36. The molecule has 1 fully saturated rings. The van der Waals surface area contributed by atoms with E-state index in [-0.39, 0.29) is 18.1 Å². The maximum absolute atomic E-state index is 12.3. The minimum atomic E-state index is -0.328. The molecule has 2 bridgehead atoms. The van der Waals surface area contributed by atoms with Gasteiger partial charge in [0.25, 0.3) is 11.5 Å². The van der Waals surface area contributed by atoms with Gasteiger partial charge in [0.05, 0.1) is 12.8 Å². The number of piperidine rings is 1. The summed E-state index contributed by atoms with van der Waals surface area (Å²) in [6.07, 6.45) is 2.76. The predicted octanol–water partition coefficient (Wildman–Crippen LogP) is 3.40. The van der Waals surface area contributed by atoms with Crippen molar-refractivity contribution in [3.05, 3.63) is 93.9 Å². The number of carbonyl (C=O) groups is 1. The minimum absolute atomic E-state index is 0.102. The van der Waals surface area contributed by atoms with E-state index in [0.29, 0.717) is 24.2 Å². The van der Waals surface area contributed by atoms with Gasteiger partial charge in [-0.1, -0.05) is 24.3 Å². The molecule has 0 unspecified atom stereocenters.